The third kappa shape index (κ3) is 3.15. The Labute approximate surface area is 146 Å². The fraction of sp³-hybridized carbons (Fsp3) is 0.263. The minimum absolute atomic E-state index is 0.198. The van der Waals surface area contributed by atoms with Crippen molar-refractivity contribution in [2.45, 2.75) is 26.7 Å². The van der Waals surface area contributed by atoms with Crippen LogP contribution in [0.15, 0.2) is 52.8 Å². The molecule has 0 radical (unpaired) electrons. The van der Waals surface area contributed by atoms with Gasteiger partial charge in [0, 0.05) is 6.20 Å². The number of methoxy groups -OCH3 is 1. The Bertz CT molecular complexity index is 957. The van der Waals surface area contributed by atoms with Gasteiger partial charge in [-0.25, -0.2) is 9.78 Å². The van der Waals surface area contributed by atoms with Crippen LogP contribution in [0.5, 0.6) is 0 Å². The van der Waals surface area contributed by atoms with Crippen LogP contribution in [-0.4, -0.2) is 22.5 Å². The SMILES string of the molecule is COC(=O)c1ccccc1N=Nc1c(C(C)C)nc2c(C)cccn12. The first-order chi connectivity index (χ1) is 12.0. The number of aryl methyl sites for hydroxylation is 1. The van der Waals surface area contributed by atoms with Gasteiger partial charge in [0.25, 0.3) is 0 Å². The van der Waals surface area contributed by atoms with Crippen LogP contribution in [0, 0.1) is 6.92 Å². The average molecular weight is 336 g/mol. The van der Waals surface area contributed by atoms with E-state index < -0.39 is 5.97 Å². The van der Waals surface area contributed by atoms with Crippen molar-refractivity contribution in [1.82, 2.24) is 9.38 Å². The van der Waals surface area contributed by atoms with Crippen molar-refractivity contribution >= 4 is 23.1 Å². The first kappa shape index (κ1) is 16.8. The van der Waals surface area contributed by atoms with E-state index >= 15 is 0 Å². The standard InChI is InChI=1S/C19H20N4O2/c1-12(2)16-18(23-11-7-8-13(3)17(23)20-16)22-21-15-10-6-5-9-14(15)19(24)25-4/h5-12H,1-4H3. The van der Waals surface area contributed by atoms with Crippen molar-refractivity contribution < 1.29 is 9.53 Å². The summed E-state index contributed by atoms with van der Waals surface area (Å²) < 4.78 is 6.73. The largest absolute Gasteiger partial charge is 0.465 e. The number of azo groups is 1. The van der Waals surface area contributed by atoms with Crippen LogP contribution in [0.25, 0.3) is 5.65 Å². The zero-order valence-corrected chi connectivity index (χ0v) is 14.7. The van der Waals surface area contributed by atoms with E-state index in [-0.39, 0.29) is 5.92 Å². The number of imidazole rings is 1. The molecule has 3 rings (SSSR count). The molecule has 0 amide bonds. The fourth-order valence-corrected chi connectivity index (χ4v) is 2.64. The molecule has 128 valence electrons. The number of nitrogens with zero attached hydrogens (tertiary/aromatic N) is 4. The lowest BCUT2D eigenvalue weighted by Crippen LogP contribution is -2.00. The maximum Gasteiger partial charge on any atom is 0.340 e. The van der Waals surface area contributed by atoms with E-state index in [0.717, 1.165) is 16.9 Å². The highest BCUT2D eigenvalue weighted by Crippen LogP contribution is 2.31. The fourth-order valence-electron chi connectivity index (χ4n) is 2.64. The van der Waals surface area contributed by atoms with Gasteiger partial charge in [-0.3, -0.25) is 4.40 Å². The molecule has 0 unspecified atom stereocenters. The summed E-state index contributed by atoms with van der Waals surface area (Å²) in [5.41, 5.74) is 3.65. The Morgan fingerprint density at radius 1 is 1.16 bits per heavy atom. The molecule has 2 heterocycles. The molecular weight excluding hydrogens is 316 g/mol. The first-order valence-corrected chi connectivity index (χ1v) is 8.09. The van der Waals surface area contributed by atoms with Crippen LogP contribution < -0.4 is 0 Å². The minimum atomic E-state index is -0.437. The van der Waals surface area contributed by atoms with Gasteiger partial charge >= 0.3 is 5.97 Å². The highest BCUT2D eigenvalue weighted by atomic mass is 16.5. The van der Waals surface area contributed by atoms with E-state index in [1.54, 1.807) is 18.2 Å². The van der Waals surface area contributed by atoms with Crippen molar-refractivity contribution in [1.29, 1.82) is 0 Å². The van der Waals surface area contributed by atoms with Gasteiger partial charge in [-0.2, -0.15) is 0 Å². The quantitative estimate of drug-likeness (QED) is 0.499. The van der Waals surface area contributed by atoms with E-state index in [9.17, 15) is 4.79 Å². The normalized spacial score (nSPS) is 11.6. The summed E-state index contributed by atoms with van der Waals surface area (Å²) >= 11 is 0. The molecule has 0 aliphatic rings. The molecule has 0 fully saturated rings. The maximum absolute atomic E-state index is 11.9. The average Bonchev–Trinajstić information content (AvgIpc) is 3.00. The molecule has 0 aliphatic heterocycles. The molecule has 6 nitrogen and oxygen atoms in total. The topological polar surface area (TPSA) is 68.3 Å². The van der Waals surface area contributed by atoms with Gasteiger partial charge in [-0.05, 0) is 36.6 Å². The molecule has 6 heteroatoms. The van der Waals surface area contributed by atoms with Gasteiger partial charge in [0.1, 0.15) is 11.3 Å². The Balaban J connectivity index is 2.13. The minimum Gasteiger partial charge on any atom is -0.465 e. The van der Waals surface area contributed by atoms with Crippen LogP contribution in [0.2, 0.25) is 0 Å². The molecule has 25 heavy (non-hydrogen) atoms. The summed E-state index contributed by atoms with van der Waals surface area (Å²) in [6, 6.07) is 10.9. The molecule has 0 aliphatic carbocycles. The van der Waals surface area contributed by atoms with Crippen molar-refractivity contribution in [3.8, 4) is 0 Å². The lowest BCUT2D eigenvalue weighted by molar-refractivity contribution is 0.0601. The van der Waals surface area contributed by atoms with Crippen molar-refractivity contribution in [3.63, 3.8) is 0 Å². The number of pyridine rings is 1. The summed E-state index contributed by atoms with van der Waals surface area (Å²) in [4.78, 5) is 16.6. The number of benzene rings is 1. The molecule has 0 saturated heterocycles. The van der Waals surface area contributed by atoms with Gasteiger partial charge in [-0.1, -0.05) is 32.0 Å². The lowest BCUT2D eigenvalue weighted by Gasteiger charge is -2.04. The third-order valence-corrected chi connectivity index (χ3v) is 3.95. The highest BCUT2D eigenvalue weighted by molar-refractivity contribution is 5.94. The molecule has 0 bridgehead atoms. The van der Waals surface area contributed by atoms with Crippen LogP contribution in [0.1, 0.15) is 41.4 Å². The Kier molecular flexibility index (Phi) is 4.61. The van der Waals surface area contributed by atoms with E-state index in [0.29, 0.717) is 17.1 Å². The van der Waals surface area contributed by atoms with Gasteiger partial charge < -0.3 is 4.74 Å². The molecule has 0 spiro atoms. The van der Waals surface area contributed by atoms with Crippen LogP contribution >= 0.6 is 0 Å². The summed E-state index contributed by atoms with van der Waals surface area (Å²) in [6.45, 7) is 6.15. The second-order valence-electron chi connectivity index (χ2n) is 6.07. The summed E-state index contributed by atoms with van der Waals surface area (Å²) in [6.07, 6.45) is 1.92. The molecule has 0 N–H and O–H groups in total. The highest BCUT2D eigenvalue weighted by Gasteiger charge is 2.17. The number of ether oxygens (including phenoxy) is 1. The number of esters is 1. The van der Waals surface area contributed by atoms with Crippen molar-refractivity contribution in [2.24, 2.45) is 10.2 Å². The summed E-state index contributed by atoms with van der Waals surface area (Å²) in [5.74, 6) is 0.435. The molecule has 3 aromatic rings. The Morgan fingerprint density at radius 3 is 2.64 bits per heavy atom. The van der Waals surface area contributed by atoms with Crippen LogP contribution in [0.3, 0.4) is 0 Å². The van der Waals surface area contributed by atoms with Gasteiger partial charge in [-0.15, -0.1) is 10.2 Å². The molecule has 1 aromatic carbocycles. The lowest BCUT2D eigenvalue weighted by atomic mass is 10.1. The molecule has 2 aromatic heterocycles. The van der Waals surface area contributed by atoms with Crippen LogP contribution in [0.4, 0.5) is 11.5 Å². The Morgan fingerprint density at radius 2 is 1.92 bits per heavy atom. The van der Waals surface area contributed by atoms with E-state index in [2.05, 4.69) is 24.1 Å². The van der Waals surface area contributed by atoms with Gasteiger partial charge in [0.15, 0.2) is 5.82 Å². The maximum atomic E-state index is 11.9. The summed E-state index contributed by atoms with van der Waals surface area (Å²) in [5, 5.41) is 8.73. The number of fused-ring (bicyclic) bond motifs is 1. The predicted molar refractivity (Wildman–Crippen MR) is 96.0 cm³/mol. The molecular formula is C19H20N4O2. The van der Waals surface area contributed by atoms with Gasteiger partial charge in [0.05, 0.1) is 18.4 Å². The zero-order chi connectivity index (χ0) is 18.0. The number of hydrogen-bond acceptors (Lipinski definition) is 5. The van der Waals surface area contributed by atoms with E-state index in [4.69, 9.17) is 9.72 Å². The number of hydrogen-bond donors (Lipinski definition) is 0. The second-order valence-corrected chi connectivity index (χ2v) is 6.07. The van der Waals surface area contributed by atoms with Crippen LogP contribution in [-0.2, 0) is 4.74 Å². The molecule has 0 saturated carbocycles. The van der Waals surface area contributed by atoms with E-state index in [1.807, 2.05) is 35.7 Å². The van der Waals surface area contributed by atoms with E-state index in [1.165, 1.54) is 7.11 Å². The smallest absolute Gasteiger partial charge is 0.340 e. The second kappa shape index (κ2) is 6.84. The molecule has 0 atom stereocenters. The first-order valence-electron chi connectivity index (χ1n) is 8.09. The number of carbonyl (C=O) groups is 1. The zero-order valence-electron chi connectivity index (χ0n) is 14.7. The van der Waals surface area contributed by atoms with Crippen molar-refractivity contribution in [2.75, 3.05) is 7.11 Å². The predicted octanol–water partition coefficient (Wildman–Crippen LogP) is 4.97. The number of rotatable bonds is 4. The summed E-state index contributed by atoms with van der Waals surface area (Å²) in [7, 11) is 1.35. The number of carbonyl (C=O) groups excluding carboxylic acids is 1. The Hall–Kier alpha value is -3.02. The third-order valence-electron chi connectivity index (χ3n) is 3.95. The van der Waals surface area contributed by atoms with Crippen molar-refractivity contribution in [3.05, 3.63) is 59.4 Å². The number of aromatic nitrogens is 2. The van der Waals surface area contributed by atoms with Gasteiger partial charge in [0.2, 0.25) is 0 Å². The monoisotopic (exact) mass is 336 g/mol.